The molecule has 0 saturated heterocycles. The molecule has 0 aliphatic rings. The molecule has 0 atom stereocenters. The highest BCUT2D eigenvalue weighted by Gasteiger charge is 2.35. The van der Waals surface area contributed by atoms with Crippen LogP contribution in [0.4, 0.5) is 0 Å². The van der Waals surface area contributed by atoms with Crippen LogP contribution in [-0.4, -0.2) is 30.2 Å². The van der Waals surface area contributed by atoms with Crippen molar-refractivity contribution in [1.29, 1.82) is 0 Å². The van der Waals surface area contributed by atoms with Crippen molar-refractivity contribution in [3.8, 4) is 0 Å². The smallest absolute Gasteiger partial charge is 0.289 e. The van der Waals surface area contributed by atoms with Crippen molar-refractivity contribution in [2.75, 3.05) is 6.44 Å². The lowest BCUT2D eigenvalue weighted by Gasteiger charge is -2.37. The Labute approximate surface area is 69.2 Å². The monoisotopic (exact) mass is 159 g/mol. The lowest BCUT2D eigenvalue weighted by molar-refractivity contribution is -0.0902. The van der Waals surface area contributed by atoms with Crippen LogP contribution in [0.5, 0.6) is 0 Å². The number of nitrogens with two attached hydrogens (primary N) is 1. The topological polar surface area (TPSA) is 55.5 Å². The highest BCUT2D eigenvalue weighted by molar-refractivity contribution is 6.27. The Hall–Kier alpha value is -0.0551. The van der Waals surface area contributed by atoms with Gasteiger partial charge in [-0.2, -0.15) is 0 Å². The first-order chi connectivity index (χ1) is 4.81. The van der Waals surface area contributed by atoms with Crippen LogP contribution in [0.1, 0.15) is 27.7 Å². The fourth-order valence-electron chi connectivity index (χ4n) is 0.491. The summed E-state index contributed by atoms with van der Waals surface area (Å²) < 4.78 is 5.37. The summed E-state index contributed by atoms with van der Waals surface area (Å²) in [5.74, 6) is 0. The van der Waals surface area contributed by atoms with Crippen LogP contribution in [0.3, 0.4) is 0 Å². The molecular weight excluding hydrogens is 141 g/mol. The van der Waals surface area contributed by atoms with Gasteiger partial charge in [-0.15, -0.1) is 0 Å². The highest BCUT2D eigenvalue weighted by Crippen LogP contribution is 2.23. The van der Waals surface area contributed by atoms with Crippen LogP contribution in [0.25, 0.3) is 0 Å². The molecule has 0 aliphatic heterocycles. The van der Waals surface area contributed by atoms with E-state index in [1.807, 2.05) is 13.8 Å². The quantitative estimate of drug-likeness (QED) is 0.559. The maximum absolute atomic E-state index is 9.61. The molecule has 0 fully saturated rings. The van der Waals surface area contributed by atoms with E-state index in [-0.39, 0.29) is 0 Å². The Balaban J connectivity index is 4.00. The fraction of sp³-hybridized carbons (Fsp3) is 1.00. The summed E-state index contributed by atoms with van der Waals surface area (Å²) in [7, 11) is 0.483. The zero-order valence-corrected chi connectivity index (χ0v) is 7.85. The Kier molecular flexibility index (Phi) is 3.54. The first-order valence-corrected chi connectivity index (χ1v) is 3.87. The van der Waals surface area contributed by atoms with Crippen molar-refractivity contribution in [1.82, 2.24) is 0 Å². The Morgan fingerprint density at radius 2 is 1.82 bits per heavy atom. The van der Waals surface area contributed by atoms with Gasteiger partial charge in [0.2, 0.25) is 0 Å². The molecule has 3 N–H and O–H groups in total. The lowest BCUT2D eigenvalue weighted by atomic mass is 9.87. The number of aliphatic hydroxyl groups is 1. The summed E-state index contributed by atoms with van der Waals surface area (Å²) in [6.07, 6.45) is 0.486. The summed E-state index contributed by atoms with van der Waals surface area (Å²) in [5, 5.41) is 9.61. The van der Waals surface area contributed by atoms with E-state index in [4.69, 9.17) is 10.4 Å². The van der Waals surface area contributed by atoms with Gasteiger partial charge in [0.1, 0.15) is 0 Å². The van der Waals surface area contributed by atoms with Gasteiger partial charge >= 0.3 is 0 Å². The molecule has 4 heteroatoms. The summed E-state index contributed by atoms with van der Waals surface area (Å²) in [4.78, 5) is 0. The molecule has 0 aromatic heterocycles. The second-order valence-corrected chi connectivity index (χ2v) is 3.71. The van der Waals surface area contributed by atoms with E-state index in [9.17, 15) is 5.11 Å². The predicted octanol–water partition coefficient (Wildman–Crippen LogP) is -0.180. The van der Waals surface area contributed by atoms with Gasteiger partial charge in [0.05, 0.1) is 11.2 Å². The van der Waals surface area contributed by atoms with Gasteiger partial charge < -0.3 is 15.5 Å². The molecule has 11 heavy (non-hydrogen) atoms. The average molecular weight is 159 g/mol. The van der Waals surface area contributed by atoms with E-state index >= 15 is 0 Å². The van der Waals surface area contributed by atoms with Crippen molar-refractivity contribution in [3.05, 3.63) is 0 Å². The van der Waals surface area contributed by atoms with E-state index in [2.05, 4.69) is 0 Å². The van der Waals surface area contributed by atoms with Crippen LogP contribution in [0.2, 0.25) is 0 Å². The van der Waals surface area contributed by atoms with E-state index < -0.39 is 11.2 Å². The summed E-state index contributed by atoms with van der Waals surface area (Å²) >= 11 is 0. The minimum atomic E-state index is -0.831. The average Bonchev–Trinajstić information content (AvgIpc) is 1.81. The highest BCUT2D eigenvalue weighted by atomic mass is 16.5. The van der Waals surface area contributed by atoms with Crippen molar-refractivity contribution in [2.45, 2.75) is 38.9 Å². The van der Waals surface area contributed by atoms with Gasteiger partial charge in [-0.1, -0.05) is 0 Å². The molecule has 0 saturated carbocycles. The molecule has 0 heterocycles. The minimum Gasteiger partial charge on any atom is -0.431 e. The van der Waals surface area contributed by atoms with E-state index in [1.165, 1.54) is 0 Å². The van der Waals surface area contributed by atoms with Gasteiger partial charge in [-0.3, -0.25) is 0 Å². The predicted molar refractivity (Wildman–Crippen MR) is 47.7 cm³/mol. The summed E-state index contributed by atoms with van der Waals surface area (Å²) in [6.45, 7) is 7.15. The van der Waals surface area contributed by atoms with Crippen LogP contribution in [0, 0.1) is 0 Å². The maximum Gasteiger partial charge on any atom is 0.289 e. The largest absolute Gasteiger partial charge is 0.431 e. The normalized spacial score (nSPS) is 13.3. The third-order valence-electron chi connectivity index (χ3n) is 2.05. The standard InChI is InChI=1S/C7H18BNO2/c1-6(2,10)7(3,4)11-8-5-9/h8,10H,5,9H2,1-4H3. The van der Waals surface area contributed by atoms with Crippen molar-refractivity contribution >= 4 is 7.48 Å². The van der Waals surface area contributed by atoms with Gasteiger partial charge in [0, 0.05) is 0 Å². The molecule has 3 nitrogen and oxygen atoms in total. The second-order valence-electron chi connectivity index (χ2n) is 3.71. The van der Waals surface area contributed by atoms with Crippen LogP contribution >= 0.6 is 0 Å². The molecule has 66 valence electrons. The van der Waals surface area contributed by atoms with Gasteiger partial charge in [-0.05, 0) is 34.1 Å². The Bertz CT molecular complexity index is 120. The molecule has 0 radical (unpaired) electrons. The van der Waals surface area contributed by atoms with Gasteiger partial charge in [0.15, 0.2) is 0 Å². The molecule has 0 aromatic carbocycles. The third-order valence-corrected chi connectivity index (χ3v) is 2.05. The van der Waals surface area contributed by atoms with Crippen molar-refractivity contribution in [2.24, 2.45) is 5.73 Å². The van der Waals surface area contributed by atoms with E-state index in [1.54, 1.807) is 13.8 Å². The molecule has 0 bridgehead atoms. The molecule has 0 amide bonds. The third kappa shape index (κ3) is 3.23. The van der Waals surface area contributed by atoms with Gasteiger partial charge in [0.25, 0.3) is 7.48 Å². The van der Waals surface area contributed by atoms with E-state index in [0.717, 1.165) is 0 Å². The van der Waals surface area contributed by atoms with Crippen LogP contribution in [0.15, 0.2) is 0 Å². The molecule has 0 aromatic rings. The van der Waals surface area contributed by atoms with E-state index in [0.29, 0.717) is 13.9 Å². The van der Waals surface area contributed by atoms with Crippen molar-refractivity contribution < 1.29 is 9.76 Å². The zero-order valence-electron chi connectivity index (χ0n) is 7.85. The fourth-order valence-corrected chi connectivity index (χ4v) is 0.491. The first-order valence-electron chi connectivity index (χ1n) is 3.87. The summed E-state index contributed by atoms with van der Waals surface area (Å²) in [5.41, 5.74) is 3.91. The molecule has 0 spiro atoms. The lowest BCUT2D eigenvalue weighted by Crippen LogP contribution is -2.48. The minimum absolute atomic E-state index is 0.483. The number of rotatable bonds is 4. The zero-order chi connectivity index (χ0) is 9.12. The Morgan fingerprint density at radius 3 is 2.09 bits per heavy atom. The second kappa shape index (κ2) is 3.56. The molecule has 0 aliphatic carbocycles. The first kappa shape index (κ1) is 10.9. The number of hydrogen-bond acceptors (Lipinski definition) is 3. The Morgan fingerprint density at radius 1 is 1.36 bits per heavy atom. The summed E-state index contributed by atoms with van der Waals surface area (Å²) in [6, 6.07) is 0. The van der Waals surface area contributed by atoms with Crippen LogP contribution in [-0.2, 0) is 4.65 Å². The van der Waals surface area contributed by atoms with Crippen molar-refractivity contribution in [3.63, 3.8) is 0 Å². The molecule has 0 unspecified atom stereocenters. The molecule has 0 rings (SSSR count). The SMILES string of the molecule is CC(C)(O)C(C)(C)OBCN. The maximum atomic E-state index is 9.61. The van der Waals surface area contributed by atoms with Gasteiger partial charge in [-0.25, -0.2) is 0 Å². The molecular formula is C7H18BNO2. The van der Waals surface area contributed by atoms with Crippen LogP contribution < -0.4 is 5.73 Å². The number of hydrogen-bond donors (Lipinski definition) is 2.